The quantitative estimate of drug-likeness (QED) is 0.369. The van der Waals surface area contributed by atoms with Gasteiger partial charge >= 0.3 is 5.97 Å². The van der Waals surface area contributed by atoms with E-state index in [-0.39, 0.29) is 28.9 Å². The lowest BCUT2D eigenvalue weighted by molar-refractivity contribution is 0.0525. The lowest BCUT2D eigenvalue weighted by Gasteiger charge is -2.09. The third-order valence-electron chi connectivity index (χ3n) is 6.02. The van der Waals surface area contributed by atoms with Crippen LogP contribution < -0.4 is 10.9 Å². The molecule has 1 aliphatic rings. The molecular formula is C25H22N2O5S. The van der Waals surface area contributed by atoms with Crippen LogP contribution in [-0.2, 0) is 17.6 Å². The predicted molar refractivity (Wildman–Crippen MR) is 126 cm³/mol. The van der Waals surface area contributed by atoms with Crippen molar-refractivity contribution in [2.45, 2.75) is 39.5 Å². The van der Waals surface area contributed by atoms with Gasteiger partial charge < -0.3 is 9.84 Å². The van der Waals surface area contributed by atoms with E-state index < -0.39 is 17.3 Å². The van der Waals surface area contributed by atoms with Crippen molar-refractivity contribution in [2.75, 3.05) is 6.61 Å². The van der Waals surface area contributed by atoms with Crippen LogP contribution in [0.4, 0.5) is 0 Å². The first-order valence-corrected chi connectivity index (χ1v) is 11.7. The number of ether oxygens (including phenoxy) is 1. The van der Waals surface area contributed by atoms with E-state index in [9.17, 15) is 19.5 Å². The molecule has 1 aliphatic carbocycles. The SMILES string of the molecule is CCOC(=O)c1c(O)/c(=C\C(=O)c2ccc(C)cc2)n2c1nc(=O)c1c3c(sc12)CCCC3. The minimum Gasteiger partial charge on any atom is -0.505 e. The number of benzene rings is 1. The Hall–Kier alpha value is -3.52. The Balaban J connectivity index is 1.87. The summed E-state index contributed by atoms with van der Waals surface area (Å²) < 4.78 is 6.68. The number of ketones is 1. The first kappa shape index (κ1) is 21.3. The Bertz CT molecular complexity index is 1550. The molecule has 0 saturated heterocycles. The maximum absolute atomic E-state index is 13.0. The normalized spacial score (nSPS) is 14.1. The van der Waals surface area contributed by atoms with Crippen LogP contribution in [0.5, 0.6) is 5.75 Å². The summed E-state index contributed by atoms with van der Waals surface area (Å²) >= 11 is 1.46. The molecular weight excluding hydrogens is 440 g/mol. The van der Waals surface area contributed by atoms with Crippen molar-refractivity contribution in [1.29, 1.82) is 0 Å². The van der Waals surface area contributed by atoms with E-state index >= 15 is 0 Å². The zero-order chi connectivity index (χ0) is 23.3. The van der Waals surface area contributed by atoms with E-state index in [0.29, 0.717) is 15.8 Å². The van der Waals surface area contributed by atoms with Gasteiger partial charge in [0.05, 0.1) is 17.3 Å². The predicted octanol–water partition coefficient (Wildman–Crippen LogP) is 3.36. The molecule has 33 heavy (non-hydrogen) atoms. The molecule has 0 spiro atoms. The van der Waals surface area contributed by atoms with Gasteiger partial charge in [-0.3, -0.25) is 14.0 Å². The molecule has 1 N–H and O–H groups in total. The smallest absolute Gasteiger partial charge is 0.345 e. The number of fused-ring (bicyclic) bond motifs is 5. The first-order valence-electron chi connectivity index (χ1n) is 10.9. The van der Waals surface area contributed by atoms with E-state index in [1.165, 1.54) is 17.4 Å². The number of rotatable bonds is 4. The molecule has 0 saturated carbocycles. The van der Waals surface area contributed by atoms with Crippen molar-refractivity contribution in [3.8, 4) is 5.75 Å². The van der Waals surface area contributed by atoms with E-state index in [0.717, 1.165) is 41.7 Å². The van der Waals surface area contributed by atoms with Gasteiger partial charge in [-0.25, -0.2) is 4.79 Å². The monoisotopic (exact) mass is 462 g/mol. The fraction of sp³-hybridized carbons (Fsp3) is 0.280. The highest BCUT2D eigenvalue weighted by atomic mass is 32.1. The number of nitrogens with zero attached hydrogens (tertiary/aromatic N) is 2. The lowest BCUT2D eigenvalue weighted by Crippen LogP contribution is -2.17. The van der Waals surface area contributed by atoms with Gasteiger partial charge in [-0.05, 0) is 45.1 Å². The molecule has 0 fully saturated rings. The van der Waals surface area contributed by atoms with Gasteiger partial charge in [0, 0.05) is 16.5 Å². The van der Waals surface area contributed by atoms with Crippen molar-refractivity contribution >= 4 is 45.0 Å². The van der Waals surface area contributed by atoms with Gasteiger partial charge in [-0.1, -0.05) is 29.8 Å². The highest BCUT2D eigenvalue weighted by molar-refractivity contribution is 7.18. The molecule has 168 valence electrons. The van der Waals surface area contributed by atoms with Gasteiger partial charge in [0.15, 0.2) is 17.2 Å². The number of hydrogen-bond donors (Lipinski definition) is 1. The molecule has 4 aromatic rings. The van der Waals surface area contributed by atoms with Crippen LogP contribution in [0.25, 0.3) is 21.9 Å². The zero-order valence-corrected chi connectivity index (χ0v) is 19.1. The number of thiophene rings is 1. The standard InChI is InChI=1S/C25H22N2O5S/c1-3-32-25(31)20-21(29)16(12-17(28)14-10-8-13(2)9-11-14)27-22(20)26-23(30)19-15-6-4-5-7-18(15)33-24(19)27/h8-12,29H,3-7H2,1-2H3/b16-12+. The van der Waals surface area contributed by atoms with Gasteiger partial charge in [0.1, 0.15) is 10.4 Å². The summed E-state index contributed by atoms with van der Waals surface area (Å²) in [5.74, 6) is -1.54. The van der Waals surface area contributed by atoms with Gasteiger partial charge in [0.25, 0.3) is 5.56 Å². The van der Waals surface area contributed by atoms with Crippen molar-refractivity contribution in [3.05, 3.63) is 67.1 Å². The molecule has 0 aliphatic heterocycles. The number of aryl methyl sites for hydroxylation is 3. The molecule has 0 atom stereocenters. The molecule has 7 nitrogen and oxygen atoms in total. The number of carbonyl (C=O) groups is 2. The summed E-state index contributed by atoms with van der Waals surface area (Å²) in [5.41, 5.74) is 1.82. The number of esters is 1. The molecule has 3 aromatic heterocycles. The number of Topliss-reactive ketones (excluding diaryl/α,β-unsaturated/α-hetero) is 1. The third-order valence-corrected chi connectivity index (χ3v) is 7.29. The molecule has 1 aromatic carbocycles. The van der Waals surface area contributed by atoms with Crippen LogP contribution in [0.1, 0.15) is 56.5 Å². The summed E-state index contributed by atoms with van der Waals surface area (Å²) in [6.45, 7) is 3.67. The van der Waals surface area contributed by atoms with Crippen molar-refractivity contribution in [2.24, 2.45) is 0 Å². The average molecular weight is 463 g/mol. The Morgan fingerprint density at radius 1 is 1.21 bits per heavy atom. The number of carbonyl (C=O) groups excluding carboxylic acids is 2. The molecule has 8 heteroatoms. The zero-order valence-electron chi connectivity index (χ0n) is 18.3. The summed E-state index contributed by atoms with van der Waals surface area (Å²) in [4.78, 5) is 44.7. The minimum atomic E-state index is -0.789. The molecule has 0 radical (unpaired) electrons. The molecule has 0 amide bonds. The van der Waals surface area contributed by atoms with Crippen molar-refractivity contribution in [3.63, 3.8) is 0 Å². The van der Waals surface area contributed by atoms with Crippen molar-refractivity contribution in [1.82, 2.24) is 9.38 Å². The van der Waals surface area contributed by atoms with E-state index in [1.807, 2.05) is 19.1 Å². The molecule has 0 unspecified atom stereocenters. The van der Waals surface area contributed by atoms with Gasteiger partial charge in [-0.15, -0.1) is 11.3 Å². The Kier molecular flexibility index (Phi) is 5.25. The summed E-state index contributed by atoms with van der Waals surface area (Å²) in [7, 11) is 0. The Morgan fingerprint density at radius 2 is 1.94 bits per heavy atom. The minimum absolute atomic E-state index is 0.00463. The van der Waals surface area contributed by atoms with Gasteiger partial charge in [0.2, 0.25) is 0 Å². The average Bonchev–Trinajstić information content (AvgIpc) is 3.30. The van der Waals surface area contributed by atoms with Crippen LogP contribution >= 0.6 is 11.3 Å². The second-order valence-corrected chi connectivity index (χ2v) is 9.25. The van der Waals surface area contributed by atoms with E-state index in [2.05, 4.69) is 4.98 Å². The Labute approximate surface area is 192 Å². The summed E-state index contributed by atoms with van der Waals surface area (Å²) in [6, 6.07) is 7.08. The Morgan fingerprint density at radius 3 is 2.67 bits per heavy atom. The van der Waals surface area contributed by atoms with Crippen molar-refractivity contribution < 1.29 is 19.4 Å². The highest BCUT2D eigenvalue weighted by Crippen LogP contribution is 2.35. The molecule has 5 rings (SSSR count). The second kappa shape index (κ2) is 8.12. The largest absolute Gasteiger partial charge is 0.505 e. The van der Waals surface area contributed by atoms with Crippen LogP contribution in [-0.4, -0.2) is 32.9 Å². The number of aromatic hydroxyl groups is 1. The van der Waals surface area contributed by atoms with Crippen LogP contribution in [0, 0.1) is 6.92 Å². The van der Waals surface area contributed by atoms with Gasteiger partial charge in [-0.2, -0.15) is 4.98 Å². The summed E-state index contributed by atoms with van der Waals surface area (Å²) in [5, 5.41) is 11.7. The topological polar surface area (TPSA) is 98.0 Å². The fourth-order valence-corrected chi connectivity index (χ4v) is 5.80. The summed E-state index contributed by atoms with van der Waals surface area (Å²) in [6.07, 6.45) is 4.98. The maximum atomic E-state index is 13.0. The van der Waals surface area contributed by atoms with Crippen LogP contribution in [0.15, 0.2) is 29.1 Å². The number of aromatic nitrogens is 2. The molecule has 0 bridgehead atoms. The molecule has 3 heterocycles. The third kappa shape index (κ3) is 3.41. The van der Waals surface area contributed by atoms with Crippen LogP contribution in [0.3, 0.4) is 0 Å². The van der Waals surface area contributed by atoms with E-state index in [4.69, 9.17) is 4.74 Å². The lowest BCUT2D eigenvalue weighted by atomic mass is 9.97. The maximum Gasteiger partial charge on any atom is 0.345 e. The second-order valence-electron chi connectivity index (χ2n) is 8.17. The first-order chi connectivity index (χ1) is 15.9. The van der Waals surface area contributed by atoms with E-state index in [1.54, 1.807) is 23.5 Å². The number of hydrogen-bond acceptors (Lipinski definition) is 7. The fourth-order valence-electron chi connectivity index (χ4n) is 4.41. The van der Waals surface area contributed by atoms with Crippen LogP contribution in [0.2, 0.25) is 0 Å². The highest BCUT2D eigenvalue weighted by Gasteiger charge is 2.28.